The molecular weight excluding hydrogens is 500 g/mol. The standard InChI is InChI=1S/C29H39ClN6O2/c1-3-7-24-25-26(34(2)33-24)27(37)32-29(31-25)36(18-20-8-5-4-6-9-20)19-21-14-16-35(17-15-21)28(38)22-10-12-23(30)13-11-22/h10-13,20-21H,3-9,14-19H2,1-2H3,(H,31,32,37). The molecule has 0 bridgehead atoms. The summed E-state index contributed by atoms with van der Waals surface area (Å²) in [4.78, 5) is 38.5. The zero-order valence-electron chi connectivity index (χ0n) is 22.6. The lowest BCUT2D eigenvalue weighted by Gasteiger charge is -2.37. The van der Waals surface area contributed by atoms with Gasteiger partial charge >= 0.3 is 0 Å². The van der Waals surface area contributed by atoms with Crippen LogP contribution in [0.2, 0.25) is 5.02 Å². The van der Waals surface area contributed by atoms with Crippen molar-refractivity contribution in [1.82, 2.24) is 24.6 Å². The van der Waals surface area contributed by atoms with Crippen molar-refractivity contribution in [3.05, 3.63) is 50.9 Å². The van der Waals surface area contributed by atoms with Crippen LogP contribution in [0.4, 0.5) is 5.95 Å². The summed E-state index contributed by atoms with van der Waals surface area (Å²) in [5.41, 5.74) is 2.72. The Balaban J connectivity index is 1.34. The second-order valence-corrected chi connectivity index (χ2v) is 11.5. The number of aromatic nitrogens is 4. The lowest BCUT2D eigenvalue weighted by atomic mass is 9.88. The number of aromatic amines is 1. The lowest BCUT2D eigenvalue weighted by Crippen LogP contribution is -2.43. The first-order valence-corrected chi connectivity index (χ1v) is 14.6. The van der Waals surface area contributed by atoms with E-state index in [-0.39, 0.29) is 11.5 Å². The Bertz CT molecular complexity index is 1300. The van der Waals surface area contributed by atoms with Crippen molar-refractivity contribution in [2.24, 2.45) is 18.9 Å². The normalized spacial score (nSPS) is 17.3. The molecule has 38 heavy (non-hydrogen) atoms. The monoisotopic (exact) mass is 538 g/mol. The van der Waals surface area contributed by atoms with Crippen LogP contribution in [0.3, 0.4) is 0 Å². The van der Waals surface area contributed by atoms with Crippen LogP contribution in [0.5, 0.6) is 0 Å². The Kier molecular flexibility index (Phi) is 8.36. The Morgan fingerprint density at radius 1 is 1.05 bits per heavy atom. The van der Waals surface area contributed by atoms with Crippen LogP contribution in [0.25, 0.3) is 11.0 Å². The van der Waals surface area contributed by atoms with Gasteiger partial charge in [-0.05, 0) is 68.2 Å². The molecule has 1 aliphatic carbocycles. The minimum absolute atomic E-state index is 0.0654. The number of aryl methyl sites for hydroxylation is 2. The van der Waals surface area contributed by atoms with E-state index in [1.54, 1.807) is 28.9 Å². The summed E-state index contributed by atoms with van der Waals surface area (Å²) >= 11 is 6.00. The molecule has 0 spiro atoms. The van der Waals surface area contributed by atoms with Gasteiger partial charge in [0.15, 0.2) is 5.52 Å². The highest BCUT2D eigenvalue weighted by Crippen LogP contribution is 2.28. The molecule has 3 aromatic rings. The van der Waals surface area contributed by atoms with Crippen molar-refractivity contribution < 1.29 is 4.79 Å². The molecule has 1 aromatic carbocycles. The Morgan fingerprint density at radius 3 is 2.37 bits per heavy atom. The number of benzene rings is 1. The predicted molar refractivity (Wildman–Crippen MR) is 152 cm³/mol. The third-order valence-electron chi connectivity index (χ3n) is 8.21. The number of fused-ring (bicyclic) bond motifs is 1. The molecular formula is C29H39ClN6O2. The second kappa shape index (κ2) is 11.9. The molecule has 0 unspecified atom stereocenters. The first-order chi connectivity index (χ1) is 18.4. The van der Waals surface area contributed by atoms with E-state index in [1.807, 2.05) is 11.9 Å². The van der Waals surface area contributed by atoms with Crippen molar-refractivity contribution in [2.45, 2.75) is 64.7 Å². The van der Waals surface area contributed by atoms with E-state index in [9.17, 15) is 9.59 Å². The molecule has 1 aliphatic heterocycles. The maximum Gasteiger partial charge on any atom is 0.278 e. The first-order valence-electron chi connectivity index (χ1n) is 14.2. The molecule has 3 heterocycles. The SMILES string of the molecule is CCCc1nn(C)c2c(=O)[nH]c(N(CC3CCCCC3)CC3CCN(C(=O)c4ccc(Cl)cc4)CC3)nc12. The molecule has 0 radical (unpaired) electrons. The molecule has 1 N–H and O–H groups in total. The van der Waals surface area contributed by atoms with Gasteiger partial charge in [-0.3, -0.25) is 19.3 Å². The zero-order valence-corrected chi connectivity index (χ0v) is 23.3. The van der Waals surface area contributed by atoms with Gasteiger partial charge in [0.25, 0.3) is 11.5 Å². The van der Waals surface area contributed by atoms with E-state index in [0.717, 1.165) is 63.1 Å². The summed E-state index contributed by atoms with van der Waals surface area (Å²) < 4.78 is 1.66. The Labute approximate surface area is 229 Å². The molecule has 204 valence electrons. The molecule has 5 rings (SSSR count). The van der Waals surface area contributed by atoms with Gasteiger partial charge in [-0.15, -0.1) is 0 Å². The minimum atomic E-state index is -0.126. The summed E-state index contributed by atoms with van der Waals surface area (Å²) in [6.07, 6.45) is 9.93. The number of likely N-dealkylation sites (tertiary alicyclic amines) is 1. The minimum Gasteiger partial charge on any atom is -0.342 e. The summed E-state index contributed by atoms with van der Waals surface area (Å²) in [7, 11) is 1.82. The zero-order chi connectivity index (χ0) is 26.6. The van der Waals surface area contributed by atoms with Crippen LogP contribution in [0.15, 0.2) is 29.1 Å². The van der Waals surface area contributed by atoms with Gasteiger partial charge in [-0.25, -0.2) is 4.98 Å². The molecule has 1 saturated heterocycles. The number of carbonyl (C=O) groups excluding carboxylic acids is 1. The number of hydrogen-bond acceptors (Lipinski definition) is 5. The fourth-order valence-corrected chi connectivity index (χ4v) is 6.25. The van der Waals surface area contributed by atoms with E-state index >= 15 is 0 Å². The van der Waals surface area contributed by atoms with E-state index in [0.29, 0.717) is 33.9 Å². The van der Waals surface area contributed by atoms with Gasteiger partial charge < -0.3 is 9.80 Å². The number of piperidine rings is 1. The van der Waals surface area contributed by atoms with Crippen LogP contribution in [-0.2, 0) is 13.5 Å². The molecule has 1 amide bonds. The molecule has 2 aliphatic rings. The number of halogens is 1. The number of hydrogen-bond donors (Lipinski definition) is 1. The lowest BCUT2D eigenvalue weighted by molar-refractivity contribution is 0.0692. The predicted octanol–water partition coefficient (Wildman–Crippen LogP) is 5.20. The van der Waals surface area contributed by atoms with Crippen LogP contribution in [0.1, 0.15) is 74.3 Å². The summed E-state index contributed by atoms with van der Waals surface area (Å²) in [6.45, 7) is 5.32. The van der Waals surface area contributed by atoms with E-state index in [1.165, 1.54) is 32.1 Å². The van der Waals surface area contributed by atoms with Crippen LogP contribution >= 0.6 is 11.6 Å². The summed E-state index contributed by atoms with van der Waals surface area (Å²) in [5, 5.41) is 5.23. The molecule has 2 aromatic heterocycles. The second-order valence-electron chi connectivity index (χ2n) is 11.1. The molecule has 1 saturated carbocycles. The van der Waals surface area contributed by atoms with Crippen LogP contribution < -0.4 is 10.5 Å². The highest BCUT2D eigenvalue weighted by Gasteiger charge is 2.28. The van der Waals surface area contributed by atoms with Gasteiger partial charge in [0.05, 0.1) is 5.69 Å². The van der Waals surface area contributed by atoms with E-state index in [2.05, 4.69) is 21.9 Å². The fraction of sp³-hybridized carbons (Fsp3) is 0.586. The number of H-pyrrole nitrogens is 1. The molecule has 8 nitrogen and oxygen atoms in total. The van der Waals surface area contributed by atoms with Gasteiger partial charge in [0.2, 0.25) is 5.95 Å². The van der Waals surface area contributed by atoms with Crippen molar-refractivity contribution >= 4 is 34.5 Å². The molecule has 0 atom stereocenters. The number of carbonyl (C=O) groups is 1. The average molecular weight is 539 g/mol. The first kappa shape index (κ1) is 26.7. The van der Waals surface area contributed by atoms with Gasteiger partial charge in [0.1, 0.15) is 5.52 Å². The number of amides is 1. The maximum absolute atomic E-state index is 13.2. The van der Waals surface area contributed by atoms with Crippen molar-refractivity contribution in [3.63, 3.8) is 0 Å². The largest absolute Gasteiger partial charge is 0.342 e. The van der Waals surface area contributed by atoms with Crippen molar-refractivity contribution in [2.75, 3.05) is 31.1 Å². The van der Waals surface area contributed by atoms with Crippen molar-refractivity contribution in [3.8, 4) is 0 Å². The van der Waals surface area contributed by atoms with Crippen LogP contribution in [-0.4, -0.2) is 56.7 Å². The smallest absolute Gasteiger partial charge is 0.278 e. The van der Waals surface area contributed by atoms with E-state index in [4.69, 9.17) is 16.6 Å². The van der Waals surface area contributed by atoms with E-state index < -0.39 is 0 Å². The average Bonchev–Trinajstić information content (AvgIpc) is 3.25. The summed E-state index contributed by atoms with van der Waals surface area (Å²) in [6, 6.07) is 7.13. The third-order valence-corrected chi connectivity index (χ3v) is 8.46. The highest BCUT2D eigenvalue weighted by molar-refractivity contribution is 6.30. The number of rotatable bonds is 8. The van der Waals surface area contributed by atoms with Crippen LogP contribution in [0, 0.1) is 11.8 Å². The Hall–Kier alpha value is -2.87. The molecule has 9 heteroatoms. The number of nitrogens with one attached hydrogen (secondary N) is 1. The van der Waals surface area contributed by atoms with Gasteiger partial charge in [0, 0.05) is 43.8 Å². The quantitative estimate of drug-likeness (QED) is 0.426. The summed E-state index contributed by atoms with van der Waals surface area (Å²) in [5.74, 6) is 1.77. The van der Waals surface area contributed by atoms with Crippen molar-refractivity contribution in [1.29, 1.82) is 0 Å². The highest BCUT2D eigenvalue weighted by atomic mass is 35.5. The fourth-order valence-electron chi connectivity index (χ4n) is 6.12. The van der Waals surface area contributed by atoms with Gasteiger partial charge in [-0.1, -0.05) is 44.2 Å². The van der Waals surface area contributed by atoms with Gasteiger partial charge in [-0.2, -0.15) is 5.10 Å². The maximum atomic E-state index is 13.2. The number of nitrogens with zero attached hydrogens (tertiary/aromatic N) is 5. The Morgan fingerprint density at radius 2 is 1.71 bits per heavy atom. The third kappa shape index (κ3) is 5.90. The number of anilines is 1. The topological polar surface area (TPSA) is 87.1 Å². The molecule has 2 fully saturated rings.